The monoisotopic (exact) mass is 394 g/mol. The van der Waals surface area contributed by atoms with E-state index in [4.69, 9.17) is 9.15 Å². The predicted octanol–water partition coefficient (Wildman–Crippen LogP) is 2.39. The van der Waals surface area contributed by atoms with Gasteiger partial charge in [-0.15, -0.1) is 0 Å². The number of carbonyl (C=O) groups is 1. The molecule has 0 radical (unpaired) electrons. The van der Waals surface area contributed by atoms with E-state index >= 15 is 0 Å². The van der Waals surface area contributed by atoms with E-state index in [1.54, 1.807) is 29.0 Å². The van der Waals surface area contributed by atoms with Gasteiger partial charge in [-0.25, -0.2) is 9.79 Å². The van der Waals surface area contributed by atoms with Crippen LogP contribution in [-0.4, -0.2) is 17.6 Å². The minimum Gasteiger partial charge on any atom is -0.466 e. The van der Waals surface area contributed by atoms with Crippen molar-refractivity contribution in [3.05, 3.63) is 91.0 Å². The molecule has 0 aliphatic carbocycles. The third kappa shape index (κ3) is 3.03. The number of ether oxygens (including phenoxy) is 1. The van der Waals surface area contributed by atoms with E-state index in [9.17, 15) is 9.59 Å². The van der Waals surface area contributed by atoms with E-state index in [1.165, 1.54) is 18.4 Å². The SMILES string of the molecule is CCC1=C(C(=O)OC)[C@H](c2ccccc2)n2c(s/c(=C\c3ccco3)c2=O)=N1. The Morgan fingerprint density at radius 1 is 1.29 bits per heavy atom. The molecule has 7 heteroatoms. The fraction of sp³-hybridized carbons (Fsp3) is 0.190. The second kappa shape index (κ2) is 7.44. The molecule has 0 saturated carbocycles. The number of furan rings is 1. The summed E-state index contributed by atoms with van der Waals surface area (Å²) in [7, 11) is 1.34. The van der Waals surface area contributed by atoms with Crippen LogP contribution in [0.2, 0.25) is 0 Å². The van der Waals surface area contributed by atoms with Gasteiger partial charge in [0.05, 0.1) is 35.2 Å². The molecule has 0 fully saturated rings. The molecule has 6 nitrogen and oxygen atoms in total. The van der Waals surface area contributed by atoms with Crippen molar-refractivity contribution in [2.75, 3.05) is 7.11 Å². The molecule has 1 aliphatic rings. The number of hydrogen-bond acceptors (Lipinski definition) is 6. The van der Waals surface area contributed by atoms with Crippen molar-refractivity contribution in [1.29, 1.82) is 0 Å². The first-order valence-corrected chi connectivity index (χ1v) is 9.67. The zero-order chi connectivity index (χ0) is 19.7. The molecule has 1 aliphatic heterocycles. The van der Waals surface area contributed by atoms with Crippen LogP contribution < -0.4 is 14.9 Å². The quantitative estimate of drug-likeness (QED) is 0.637. The Kier molecular flexibility index (Phi) is 4.83. The second-order valence-corrected chi connectivity index (χ2v) is 7.22. The Morgan fingerprint density at radius 3 is 2.71 bits per heavy atom. The summed E-state index contributed by atoms with van der Waals surface area (Å²) in [5.41, 5.74) is 1.64. The summed E-state index contributed by atoms with van der Waals surface area (Å²) in [6.45, 7) is 1.93. The van der Waals surface area contributed by atoms with Crippen LogP contribution in [0.3, 0.4) is 0 Å². The first-order chi connectivity index (χ1) is 13.6. The summed E-state index contributed by atoms with van der Waals surface area (Å²) in [6.07, 6.45) is 3.80. The molecule has 4 rings (SSSR count). The molecule has 0 saturated heterocycles. The smallest absolute Gasteiger partial charge is 0.338 e. The van der Waals surface area contributed by atoms with Gasteiger partial charge in [0.15, 0.2) is 4.80 Å². The Morgan fingerprint density at radius 2 is 2.07 bits per heavy atom. The average Bonchev–Trinajstić information content (AvgIpc) is 3.35. The van der Waals surface area contributed by atoms with Crippen molar-refractivity contribution in [2.45, 2.75) is 19.4 Å². The predicted molar refractivity (Wildman–Crippen MR) is 106 cm³/mol. The topological polar surface area (TPSA) is 73.8 Å². The summed E-state index contributed by atoms with van der Waals surface area (Å²) in [5, 5.41) is 0. The fourth-order valence-electron chi connectivity index (χ4n) is 3.32. The molecule has 0 N–H and O–H groups in total. The largest absolute Gasteiger partial charge is 0.466 e. The van der Waals surface area contributed by atoms with Gasteiger partial charge >= 0.3 is 5.97 Å². The van der Waals surface area contributed by atoms with Crippen LogP contribution in [0.1, 0.15) is 30.7 Å². The average molecular weight is 394 g/mol. The molecule has 2 aromatic heterocycles. The lowest BCUT2D eigenvalue weighted by Gasteiger charge is -2.25. The Balaban J connectivity index is 2.03. The van der Waals surface area contributed by atoms with E-state index < -0.39 is 12.0 Å². The van der Waals surface area contributed by atoms with Gasteiger partial charge in [-0.3, -0.25) is 9.36 Å². The lowest BCUT2D eigenvalue weighted by molar-refractivity contribution is -0.136. The fourth-order valence-corrected chi connectivity index (χ4v) is 4.32. The highest BCUT2D eigenvalue weighted by molar-refractivity contribution is 7.07. The zero-order valence-electron chi connectivity index (χ0n) is 15.4. The number of allylic oxidation sites excluding steroid dienone is 1. The second-order valence-electron chi connectivity index (χ2n) is 6.21. The highest BCUT2D eigenvalue weighted by atomic mass is 32.1. The number of aromatic nitrogens is 1. The number of nitrogens with zero attached hydrogens (tertiary/aromatic N) is 2. The Bertz CT molecular complexity index is 1220. The van der Waals surface area contributed by atoms with Crippen molar-refractivity contribution in [3.63, 3.8) is 0 Å². The van der Waals surface area contributed by atoms with Crippen molar-refractivity contribution in [1.82, 2.24) is 4.57 Å². The molecule has 142 valence electrons. The molecule has 3 aromatic rings. The summed E-state index contributed by atoms with van der Waals surface area (Å²) < 4.78 is 12.4. The first-order valence-electron chi connectivity index (χ1n) is 8.85. The van der Waals surface area contributed by atoms with Gasteiger partial charge in [0.1, 0.15) is 5.76 Å². The Hall–Kier alpha value is -3.19. The zero-order valence-corrected chi connectivity index (χ0v) is 16.2. The number of benzene rings is 1. The van der Waals surface area contributed by atoms with E-state index in [-0.39, 0.29) is 5.56 Å². The third-order valence-electron chi connectivity index (χ3n) is 4.58. The van der Waals surface area contributed by atoms with E-state index in [2.05, 4.69) is 4.99 Å². The van der Waals surface area contributed by atoms with Crippen LogP contribution in [0.25, 0.3) is 6.08 Å². The number of esters is 1. The summed E-state index contributed by atoms with van der Waals surface area (Å²) in [6, 6.07) is 12.4. The molecule has 0 bridgehead atoms. The third-order valence-corrected chi connectivity index (χ3v) is 5.57. The molecule has 1 atom stereocenters. The summed E-state index contributed by atoms with van der Waals surface area (Å²) in [4.78, 5) is 31.0. The summed E-state index contributed by atoms with van der Waals surface area (Å²) >= 11 is 1.28. The molecular formula is C21H18N2O4S. The molecule has 0 spiro atoms. The molecular weight excluding hydrogens is 376 g/mol. The maximum atomic E-state index is 13.2. The van der Waals surface area contributed by atoms with Crippen molar-refractivity contribution in [2.24, 2.45) is 4.99 Å². The van der Waals surface area contributed by atoms with E-state index in [1.807, 2.05) is 37.3 Å². The lowest BCUT2D eigenvalue weighted by Crippen LogP contribution is -2.40. The number of rotatable bonds is 4. The number of fused-ring (bicyclic) bond motifs is 1. The van der Waals surface area contributed by atoms with Gasteiger partial charge in [-0.05, 0) is 24.1 Å². The van der Waals surface area contributed by atoms with Crippen LogP contribution in [0.5, 0.6) is 0 Å². The van der Waals surface area contributed by atoms with Gasteiger partial charge in [0, 0.05) is 6.08 Å². The first kappa shape index (κ1) is 18.2. The normalized spacial score (nSPS) is 16.6. The number of methoxy groups -OCH3 is 1. The maximum Gasteiger partial charge on any atom is 0.338 e. The minimum absolute atomic E-state index is 0.217. The number of carbonyl (C=O) groups excluding carboxylic acids is 1. The number of hydrogen-bond donors (Lipinski definition) is 0. The van der Waals surface area contributed by atoms with Crippen LogP contribution in [0.4, 0.5) is 0 Å². The van der Waals surface area contributed by atoms with E-state index in [0.29, 0.717) is 32.8 Å². The summed E-state index contributed by atoms with van der Waals surface area (Å²) in [5.74, 6) is 0.110. The standard InChI is InChI=1S/C21H18N2O4S/c1-3-15-17(20(25)26-2)18(13-8-5-4-6-9-13)23-19(24)16(28-21(23)22-15)12-14-10-7-11-27-14/h4-12,18H,3H2,1-2H3/b16-12-/t18-/m0/s1. The van der Waals surface area contributed by atoms with Crippen molar-refractivity contribution in [3.8, 4) is 0 Å². The van der Waals surface area contributed by atoms with Crippen LogP contribution in [0, 0.1) is 0 Å². The molecule has 3 heterocycles. The molecule has 0 unspecified atom stereocenters. The van der Waals surface area contributed by atoms with Crippen LogP contribution in [-0.2, 0) is 9.53 Å². The molecule has 28 heavy (non-hydrogen) atoms. The molecule has 1 aromatic carbocycles. The van der Waals surface area contributed by atoms with Gasteiger partial charge in [0.25, 0.3) is 5.56 Å². The maximum absolute atomic E-state index is 13.2. The van der Waals surface area contributed by atoms with Gasteiger partial charge < -0.3 is 9.15 Å². The van der Waals surface area contributed by atoms with E-state index in [0.717, 1.165) is 5.56 Å². The molecule has 0 amide bonds. The lowest BCUT2D eigenvalue weighted by atomic mass is 9.95. The number of thiazole rings is 1. The van der Waals surface area contributed by atoms with Gasteiger partial charge in [-0.2, -0.15) is 0 Å². The van der Waals surface area contributed by atoms with Gasteiger partial charge in [-0.1, -0.05) is 48.6 Å². The van der Waals surface area contributed by atoms with Crippen molar-refractivity contribution >= 4 is 23.4 Å². The highest BCUT2D eigenvalue weighted by Crippen LogP contribution is 2.31. The van der Waals surface area contributed by atoms with Crippen LogP contribution in [0.15, 0.2) is 74.2 Å². The van der Waals surface area contributed by atoms with Gasteiger partial charge in [0.2, 0.25) is 0 Å². The minimum atomic E-state index is -0.585. The highest BCUT2D eigenvalue weighted by Gasteiger charge is 2.33. The Labute approximate surface area is 164 Å². The van der Waals surface area contributed by atoms with Crippen molar-refractivity contribution < 1.29 is 13.9 Å². The van der Waals surface area contributed by atoms with Crippen LogP contribution >= 0.6 is 11.3 Å².